The number of benzene rings is 1. The van der Waals surface area contributed by atoms with Crippen molar-refractivity contribution in [2.75, 3.05) is 13.2 Å². The van der Waals surface area contributed by atoms with Crippen molar-refractivity contribution in [3.63, 3.8) is 0 Å². The summed E-state index contributed by atoms with van der Waals surface area (Å²) in [5, 5.41) is 3.29. The number of H-pyrrole nitrogens is 1. The van der Waals surface area contributed by atoms with Gasteiger partial charge in [-0.05, 0) is 53.2 Å². The second-order valence-electron chi connectivity index (χ2n) is 7.92. The standard InChI is InChI=1S/C22H30N2O6/c1-7-28-18(25)22(19(26)29-8-2,24-20(27)30-21(4,5)6)13-16-14(3)23-17-12-10-9-11-15(16)17/h9-12,23H,7-8,13H2,1-6H3,(H,24,27). The normalized spacial score (nSPS) is 11.8. The van der Waals surface area contributed by atoms with Gasteiger partial charge < -0.3 is 19.2 Å². The Balaban J connectivity index is 2.59. The molecule has 0 aliphatic carbocycles. The molecule has 1 heterocycles. The summed E-state index contributed by atoms with van der Waals surface area (Å²) < 4.78 is 15.7. The molecule has 2 aromatic rings. The molecule has 0 spiro atoms. The van der Waals surface area contributed by atoms with E-state index in [2.05, 4.69) is 10.3 Å². The number of carbonyl (C=O) groups is 3. The van der Waals surface area contributed by atoms with Gasteiger partial charge in [0.25, 0.3) is 0 Å². The van der Waals surface area contributed by atoms with Gasteiger partial charge in [0, 0.05) is 23.0 Å². The minimum atomic E-state index is -2.09. The van der Waals surface area contributed by atoms with Gasteiger partial charge in [-0.3, -0.25) is 5.32 Å². The summed E-state index contributed by atoms with van der Waals surface area (Å²) >= 11 is 0. The molecule has 164 valence electrons. The average molecular weight is 418 g/mol. The summed E-state index contributed by atoms with van der Waals surface area (Å²) in [5.41, 5.74) is -0.605. The molecular weight excluding hydrogens is 388 g/mol. The van der Waals surface area contributed by atoms with E-state index in [-0.39, 0.29) is 19.6 Å². The van der Waals surface area contributed by atoms with Gasteiger partial charge in [-0.2, -0.15) is 0 Å². The first-order chi connectivity index (χ1) is 14.0. The maximum atomic E-state index is 13.1. The largest absolute Gasteiger partial charge is 0.464 e. The summed E-state index contributed by atoms with van der Waals surface area (Å²) in [6.45, 7) is 10.2. The van der Waals surface area contributed by atoms with E-state index >= 15 is 0 Å². The third-order valence-electron chi connectivity index (χ3n) is 4.43. The highest BCUT2D eigenvalue weighted by Gasteiger charge is 2.52. The first kappa shape index (κ1) is 23.3. The number of aromatic amines is 1. The van der Waals surface area contributed by atoms with Crippen molar-refractivity contribution in [2.45, 2.75) is 59.1 Å². The number of fused-ring (bicyclic) bond motifs is 1. The van der Waals surface area contributed by atoms with E-state index in [1.807, 2.05) is 31.2 Å². The van der Waals surface area contributed by atoms with E-state index in [0.29, 0.717) is 5.56 Å². The van der Waals surface area contributed by atoms with Crippen LogP contribution in [-0.2, 0) is 30.2 Å². The highest BCUT2D eigenvalue weighted by atomic mass is 16.6. The Hall–Kier alpha value is -3.03. The number of aryl methyl sites for hydroxylation is 1. The number of ether oxygens (including phenoxy) is 3. The number of aromatic nitrogens is 1. The van der Waals surface area contributed by atoms with E-state index in [1.165, 1.54) is 0 Å². The van der Waals surface area contributed by atoms with Crippen molar-refractivity contribution in [3.8, 4) is 0 Å². The van der Waals surface area contributed by atoms with Crippen molar-refractivity contribution in [3.05, 3.63) is 35.5 Å². The molecule has 0 radical (unpaired) electrons. The molecule has 0 aliphatic heterocycles. The van der Waals surface area contributed by atoms with Crippen LogP contribution < -0.4 is 5.32 Å². The lowest BCUT2D eigenvalue weighted by Gasteiger charge is -2.31. The van der Waals surface area contributed by atoms with Crippen LogP contribution in [-0.4, -0.2) is 47.4 Å². The molecule has 0 atom stereocenters. The van der Waals surface area contributed by atoms with Gasteiger partial charge in [0.1, 0.15) is 5.60 Å². The Morgan fingerprint density at radius 1 is 1.00 bits per heavy atom. The minimum Gasteiger partial charge on any atom is -0.464 e. The van der Waals surface area contributed by atoms with Crippen molar-refractivity contribution in [1.82, 2.24) is 10.3 Å². The molecule has 2 rings (SSSR count). The lowest BCUT2D eigenvalue weighted by molar-refractivity contribution is -0.166. The number of esters is 2. The van der Waals surface area contributed by atoms with Crippen LogP contribution in [0.4, 0.5) is 4.79 Å². The van der Waals surface area contributed by atoms with Gasteiger partial charge in [0.15, 0.2) is 0 Å². The maximum absolute atomic E-state index is 13.1. The fraction of sp³-hybridized carbons (Fsp3) is 0.500. The van der Waals surface area contributed by atoms with Crippen LogP contribution in [0.5, 0.6) is 0 Å². The predicted octanol–water partition coefficient (Wildman–Crippen LogP) is 3.41. The molecular formula is C22H30N2O6. The van der Waals surface area contributed by atoms with Gasteiger partial charge >= 0.3 is 18.0 Å². The molecule has 0 saturated carbocycles. The first-order valence-corrected chi connectivity index (χ1v) is 9.95. The zero-order valence-electron chi connectivity index (χ0n) is 18.4. The zero-order chi connectivity index (χ0) is 22.5. The van der Waals surface area contributed by atoms with Crippen LogP contribution in [0.25, 0.3) is 10.9 Å². The van der Waals surface area contributed by atoms with E-state index in [4.69, 9.17) is 14.2 Å². The van der Waals surface area contributed by atoms with E-state index in [0.717, 1.165) is 16.6 Å². The molecule has 0 saturated heterocycles. The molecule has 2 N–H and O–H groups in total. The number of nitrogens with one attached hydrogen (secondary N) is 2. The van der Waals surface area contributed by atoms with Crippen LogP contribution in [0.1, 0.15) is 45.9 Å². The number of carbonyl (C=O) groups excluding carboxylic acids is 3. The molecule has 0 aliphatic rings. The van der Waals surface area contributed by atoms with Gasteiger partial charge in [-0.1, -0.05) is 18.2 Å². The fourth-order valence-corrected chi connectivity index (χ4v) is 3.19. The van der Waals surface area contributed by atoms with Gasteiger partial charge in [0.05, 0.1) is 13.2 Å². The molecule has 1 amide bonds. The lowest BCUT2D eigenvalue weighted by atomic mass is 9.89. The molecule has 0 fully saturated rings. The Labute approximate surface area is 176 Å². The fourth-order valence-electron chi connectivity index (χ4n) is 3.19. The number of amides is 1. The second kappa shape index (κ2) is 9.19. The van der Waals surface area contributed by atoms with Gasteiger partial charge in [0.2, 0.25) is 5.54 Å². The van der Waals surface area contributed by atoms with Crippen molar-refractivity contribution in [2.24, 2.45) is 0 Å². The van der Waals surface area contributed by atoms with Crippen LogP contribution in [0.2, 0.25) is 0 Å². The Bertz CT molecular complexity index is 907. The smallest absolute Gasteiger partial charge is 0.409 e. The van der Waals surface area contributed by atoms with Crippen LogP contribution >= 0.6 is 0 Å². The monoisotopic (exact) mass is 418 g/mol. The van der Waals surface area contributed by atoms with Crippen molar-refractivity contribution < 1.29 is 28.6 Å². The van der Waals surface area contributed by atoms with Crippen molar-refractivity contribution >= 4 is 28.9 Å². The van der Waals surface area contributed by atoms with E-state index in [1.54, 1.807) is 34.6 Å². The quantitative estimate of drug-likeness (QED) is 0.405. The molecule has 0 bridgehead atoms. The topological polar surface area (TPSA) is 107 Å². The second-order valence-corrected chi connectivity index (χ2v) is 7.92. The number of hydrogen-bond donors (Lipinski definition) is 2. The van der Waals surface area contributed by atoms with Crippen LogP contribution in [0, 0.1) is 6.92 Å². The van der Waals surface area contributed by atoms with Gasteiger partial charge in [-0.25, -0.2) is 14.4 Å². The zero-order valence-corrected chi connectivity index (χ0v) is 18.4. The summed E-state index contributed by atoms with van der Waals surface area (Å²) in [4.78, 5) is 42.0. The van der Waals surface area contributed by atoms with Crippen molar-refractivity contribution in [1.29, 1.82) is 0 Å². The minimum absolute atomic E-state index is 0.0306. The number of alkyl carbamates (subject to hydrolysis) is 1. The maximum Gasteiger partial charge on any atom is 0.409 e. The first-order valence-electron chi connectivity index (χ1n) is 9.95. The number of para-hydroxylation sites is 1. The lowest BCUT2D eigenvalue weighted by Crippen LogP contribution is -2.63. The molecule has 30 heavy (non-hydrogen) atoms. The van der Waals surface area contributed by atoms with E-state index in [9.17, 15) is 14.4 Å². The average Bonchev–Trinajstić information content (AvgIpc) is 2.95. The SMILES string of the molecule is CCOC(=O)C(Cc1c(C)[nH]c2ccccc12)(NC(=O)OC(C)(C)C)C(=O)OCC. The summed E-state index contributed by atoms with van der Waals surface area (Å²) in [6, 6.07) is 7.51. The summed E-state index contributed by atoms with van der Waals surface area (Å²) in [7, 11) is 0. The van der Waals surface area contributed by atoms with Crippen LogP contribution in [0.15, 0.2) is 24.3 Å². The third kappa shape index (κ3) is 5.11. The van der Waals surface area contributed by atoms with Gasteiger partial charge in [-0.15, -0.1) is 0 Å². The predicted molar refractivity (Wildman–Crippen MR) is 112 cm³/mol. The number of rotatable bonds is 7. The Morgan fingerprint density at radius 2 is 1.57 bits per heavy atom. The molecule has 8 nitrogen and oxygen atoms in total. The highest BCUT2D eigenvalue weighted by Crippen LogP contribution is 2.28. The molecule has 8 heteroatoms. The molecule has 1 aromatic heterocycles. The molecule has 0 unspecified atom stereocenters. The highest BCUT2D eigenvalue weighted by molar-refractivity contribution is 6.08. The summed E-state index contributed by atoms with van der Waals surface area (Å²) in [5.74, 6) is -1.81. The van der Waals surface area contributed by atoms with Crippen LogP contribution in [0.3, 0.4) is 0 Å². The number of hydrogen-bond acceptors (Lipinski definition) is 6. The molecule has 1 aromatic carbocycles. The van der Waals surface area contributed by atoms with E-state index < -0.39 is 29.2 Å². The Morgan fingerprint density at radius 3 is 2.10 bits per heavy atom. The third-order valence-corrected chi connectivity index (χ3v) is 4.43. The Kier molecular flexibility index (Phi) is 7.12. The summed E-state index contributed by atoms with van der Waals surface area (Å²) in [6.07, 6.45) is -1.07.